The van der Waals surface area contributed by atoms with Gasteiger partial charge in [-0.2, -0.15) is 4.98 Å². The number of aliphatic hydroxyl groups is 1. The number of anilines is 1. The fourth-order valence-electron chi connectivity index (χ4n) is 2.05. The summed E-state index contributed by atoms with van der Waals surface area (Å²) < 4.78 is 6.57. The Bertz CT molecular complexity index is 702. The molecular weight excluding hydrogens is 246 g/mol. The van der Waals surface area contributed by atoms with Gasteiger partial charge >= 0.3 is 0 Å². The Labute approximate surface area is 108 Å². The maximum Gasteiger partial charge on any atom is 0.213 e. The summed E-state index contributed by atoms with van der Waals surface area (Å²) in [6, 6.07) is 5.43. The van der Waals surface area contributed by atoms with E-state index in [0.29, 0.717) is 23.9 Å². The van der Waals surface area contributed by atoms with Crippen LogP contribution in [0.1, 0.15) is 24.7 Å². The molecule has 0 aliphatic rings. The van der Waals surface area contributed by atoms with Gasteiger partial charge in [0.25, 0.3) is 0 Å². The van der Waals surface area contributed by atoms with Crippen LogP contribution in [-0.4, -0.2) is 24.8 Å². The van der Waals surface area contributed by atoms with Gasteiger partial charge in [-0.1, -0.05) is 5.16 Å². The lowest BCUT2D eigenvalue weighted by molar-refractivity contribution is 0.185. The number of rotatable bonds is 3. The van der Waals surface area contributed by atoms with Gasteiger partial charge < -0.3 is 19.9 Å². The zero-order valence-electron chi connectivity index (χ0n) is 10.3. The van der Waals surface area contributed by atoms with Crippen LogP contribution in [0.3, 0.4) is 0 Å². The molecule has 2 heterocycles. The van der Waals surface area contributed by atoms with Crippen LogP contribution in [0.15, 0.2) is 29.1 Å². The first-order valence-corrected chi connectivity index (χ1v) is 5.84. The molecule has 7 nitrogen and oxygen atoms in total. The molecule has 98 valence electrons. The standard InChI is InChI=1S/C12H13N5O2/c1-7(18)12-15-9-4-8(13)2-3-10(9)17(12)5-11-14-6-19-16-11/h2-4,6-7,18H,5,13H2,1H3. The molecule has 7 heteroatoms. The number of nitrogens with zero attached hydrogens (tertiary/aromatic N) is 4. The van der Waals surface area contributed by atoms with Gasteiger partial charge in [0.15, 0.2) is 5.82 Å². The lowest BCUT2D eigenvalue weighted by atomic mass is 10.3. The van der Waals surface area contributed by atoms with E-state index < -0.39 is 6.10 Å². The summed E-state index contributed by atoms with van der Waals surface area (Å²) in [5, 5.41) is 13.6. The van der Waals surface area contributed by atoms with Crippen LogP contribution < -0.4 is 5.73 Å². The summed E-state index contributed by atoms with van der Waals surface area (Å²) in [6.07, 6.45) is 0.578. The first-order chi connectivity index (χ1) is 9.15. The first kappa shape index (κ1) is 11.7. The topological polar surface area (TPSA) is 103 Å². The number of nitrogen functional groups attached to an aromatic ring is 1. The zero-order chi connectivity index (χ0) is 13.4. The highest BCUT2D eigenvalue weighted by Crippen LogP contribution is 2.23. The Balaban J connectivity index is 2.16. The van der Waals surface area contributed by atoms with Crippen molar-refractivity contribution in [2.75, 3.05) is 5.73 Å². The lowest BCUT2D eigenvalue weighted by Crippen LogP contribution is -2.08. The number of nitrogens with two attached hydrogens (primary N) is 1. The molecule has 3 rings (SSSR count). The Kier molecular flexibility index (Phi) is 2.68. The van der Waals surface area contributed by atoms with Gasteiger partial charge in [-0.05, 0) is 25.1 Å². The van der Waals surface area contributed by atoms with Crippen LogP contribution in [0.2, 0.25) is 0 Å². The summed E-state index contributed by atoms with van der Waals surface area (Å²) in [6.45, 7) is 2.05. The summed E-state index contributed by atoms with van der Waals surface area (Å²) in [4.78, 5) is 8.38. The maximum atomic E-state index is 9.82. The predicted molar refractivity (Wildman–Crippen MR) is 68.2 cm³/mol. The third kappa shape index (κ3) is 2.04. The Morgan fingerprint density at radius 3 is 3.00 bits per heavy atom. The van der Waals surface area contributed by atoms with Gasteiger partial charge in [0.05, 0.1) is 17.6 Å². The van der Waals surface area contributed by atoms with E-state index in [4.69, 9.17) is 10.3 Å². The number of aliphatic hydroxyl groups excluding tert-OH is 1. The van der Waals surface area contributed by atoms with Gasteiger partial charge in [-0.15, -0.1) is 0 Å². The minimum atomic E-state index is -0.694. The van der Waals surface area contributed by atoms with Crippen LogP contribution in [0.4, 0.5) is 5.69 Å². The highest BCUT2D eigenvalue weighted by Gasteiger charge is 2.16. The van der Waals surface area contributed by atoms with Gasteiger partial charge in [0, 0.05) is 5.69 Å². The predicted octanol–water partition coefficient (Wildman–Crippen LogP) is 1.10. The molecule has 0 aliphatic heterocycles. The summed E-state index contributed by atoms with van der Waals surface area (Å²) in [7, 11) is 0. The molecule has 0 radical (unpaired) electrons. The van der Waals surface area contributed by atoms with Gasteiger partial charge in [0.2, 0.25) is 6.39 Å². The van der Waals surface area contributed by atoms with E-state index in [1.54, 1.807) is 19.1 Å². The molecule has 0 saturated heterocycles. The molecule has 0 amide bonds. The number of fused-ring (bicyclic) bond motifs is 1. The van der Waals surface area contributed by atoms with Gasteiger partial charge in [-0.3, -0.25) is 0 Å². The average Bonchev–Trinajstić information content (AvgIpc) is 2.97. The lowest BCUT2D eigenvalue weighted by Gasteiger charge is -2.08. The maximum absolute atomic E-state index is 9.82. The molecule has 0 spiro atoms. The number of aromatic nitrogens is 4. The van der Waals surface area contributed by atoms with Crippen molar-refractivity contribution < 1.29 is 9.63 Å². The van der Waals surface area contributed by atoms with Crippen molar-refractivity contribution >= 4 is 16.7 Å². The monoisotopic (exact) mass is 259 g/mol. The minimum absolute atomic E-state index is 0.386. The van der Waals surface area contributed by atoms with Crippen molar-refractivity contribution in [3.63, 3.8) is 0 Å². The van der Waals surface area contributed by atoms with Gasteiger partial charge in [-0.25, -0.2) is 4.98 Å². The molecule has 1 unspecified atom stereocenters. The average molecular weight is 259 g/mol. The normalized spacial score (nSPS) is 12.9. The molecule has 0 aliphatic carbocycles. The van der Waals surface area contributed by atoms with Crippen molar-refractivity contribution in [2.24, 2.45) is 0 Å². The van der Waals surface area contributed by atoms with Crippen molar-refractivity contribution in [3.05, 3.63) is 36.2 Å². The molecule has 0 saturated carbocycles. The number of hydrogen-bond donors (Lipinski definition) is 2. The van der Waals surface area contributed by atoms with Crippen molar-refractivity contribution in [3.8, 4) is 0 Å². The van der Waals surface area contributed by atoms with E-state index in [0.717, 1.165) is 11.0 Å². The second-order valence-corrected chi connectivity index (χ2v) is 4.33. The first-order valence-electron chi connectivity index (χ1n) is 5.84. The van der Waals surface area contributed by atoms with Gasteiger partial charge in [0.1, 0.15) is 11.9 Å². The molecule has 1 aromatic carbocycles. The molecule has 3 N–H and O–H groups in total. The SMILES string of the molecule is CC(O)c1nc2cc(N)ccc2n1Cc1ncon1. The summed E-state index contributed by atoms with van der Waals surface area (Å²) >= 11 is 0. The molecule has 3 aromatic rings. The van der Waals surface area contributed by atoms with Crippen molar-refractivity contribution in [1.29, 1.82) is 0 Å². The van der Waals surface area contributed by atoms with E-state index in [2.05, 4.69) is 15.1 Å². The highest BCUT2D eigenvalue weighted by atomic mass is 16.5. The summed E-state index contributed by atoms with van der Waals surface area (Å²) in [5.41, 5.74) is 7.98. The van der Waals surface area contributed by atoms with E-state index in [9.17, 15) is 5.11 Å². The Morgan fingerprint density at radius 1 is 1.47 bits per heavy atom. The number of benzene rings is 1. The summed E-state index contributed by atoms with van der Waals surface area (Å²) in [5.74, 6) is 1.07. The molecule has 19 heavy (non-hydrogen) atoms. The van der Waals surface area contributed by atoms with Crippen LogP contribution in [-0.2, 0) is 6.54 Å². The van der Waals surface area contributed by atoms with Crippen molar-refractivity contribution in [1.82, 2.24) is 19.7 Å². The quantitative estimate of drug-likeness (QED) is 0.683. The van der Waals surface area contributed by atoms with Crippen LogP contribution in [0, 0.1) is 0 Å². The molecule has 0 fully saturated rings. The number of hydrogen-bond acceptors (Lipinski definition) is 6. The van der Waals surface area contributed by atoms with E-state index >= 15 is 0 Å². The second kappa shape index (κ2) is 4.36. The molecule has 2 aromatic heterocycles. The largest absolute Gasteiger partial charge is 0.399 e. The van der Waals surface area contributed by atoms with Crippen LogP contribution >= 0.6 is 0 Å². The van der Waals surface area contributed by atoms with E-state index in [-0.39, 0.29) is 0 Å². The third-order valence-corrected chi connectivity index (χ3v) is 2.88. The Hall–Kier alpha value is -2.41. The fourth-order valence-corrected chi connectivity index (χ4v) is 2.05. The minimum Gasteiger partial charge on any atom is -0.399 e. The zero-order valence-corrected chi connectivity index (χ0v) is 10.3. The molecular formula is C12H13N5O2. The smallest absolute Gasteiger partial charge is 0.213 e. The second-order valence-electron chi connectivity index (χ2n) is 4.33. The fraction of sp³-hybridized carbons (Fsp3) is 0.250. The number of imidazole rings is 1. The van der Waals surface area contributed by atoms with Crippen molar-refractivity contribution in [2.45, 2.75) is 19.6 Å². The van der Waals surface area contributed by atoms with E-state index in [1.165, 1.54) is 6.39 Å². The Morgan fingerprint density at radius 2 is 2.32 bits per heavy atom. The molecule has 0 bridgehead atoms. The highest BCUT2D eigenvalue weighted by molar-refractivity contribution is 5.79. The molecule has 1 atom stereocenters. The van der Waals surface area contributed by atoms with E-state index in [1.807, 2.05) is 10.6 Å². The third-order valence-electron chi connectivity index (χ3n) is 2.88. The van der Waals surface area contributed by atoms with Crippen LogP contribution in [0.5, 0.6) is 0 Å². The van der Waals surface area contributed by atoms with Crippen LogP contribution in [0.25, 0.3) is 11.0 Å².